The molecule has 1 atom stereocenters. The molecule has 0 aromatic carbocycles. The summed E-state index contributed by atoms with van der Waals surface area (Å²) in [5, 5.41) is 0. The summed E-state index contributed by atoms with van der Waals surface area (Å²) in [6, 6.07) is 0. The minimum absolute atomic E-state index is 0.0289. The lowest BCUT2D eigenvalue weighted by atomic mass is 9.81. The Kier molecular flexibility index (Phi) is 1.68. The summed E-state index contributed by atoms with van der Waals surface area (Å²) in [5.41, 5.74) is 1.33. The van der Waals surface area contributed by atoms with Crippen molar-refractivity contribution in [3.8, 4) is 12.3 Å². The van der Waals surface area contributed by atoms with Crippen LogP contribution in [-0.4, -0.2) is 0 Å². The van der Waals surface area contributed by atoms with Gasteiger partial charge in [-0.2, -0.15) is 0 Å². The maximum absolute atomic E-state index is 5.37. The summed E-state index contributed by atoms with van der Waals surface area (Å²) in [7, 11) is 0. The lowest BCUT2D eigenvalue weighted by Crippen LogP contribution is -2.12. The third kappa shape index (κ3) is 1.30. The van der Waals surface area contributed by atoms with Crippen LogP contribution in [0.1, 0.15) is 20.3 Å². The van der Waals surface area contributed by atoms with Crippen molar-refractivity contribution < 1.29 is 0 Å². The monoisotopic (exact) mass is 132 g/mol. The molecule has 0 spiro atoms. The standard InChI is InChI=1S/C10H12/c1-4-10(3)7-5-6-9(2)8-10/h1,5-7H,8H2,2-3H3. The maximum atomic E-state index is 5.37. The predicted octanol–water partition coefficient (Wildman–Crippen LogP) is 2.53. The van der Waals surface area contributed by atoms with E-state index in [1.807, 2.05) is 6.08 Å². The Morgan fingerprint density at radius 2 is 2.40 bits per heavy atom. The van der Waals surface area contributed by atoms with Gasteiger partial charge in [-0.15, -0.1) is 6.42 Å². The molecular formula is C10H12. The molecule has 0 aliphatic heterocycles. The van der Waals surface area contributed by atoms with Gasteiger partial charge in [-0.25, -0.2) is 0 Å². The van der Waals surface area contributed by atoms with Crippen LogP contribution in [0.2, 0.25) is 0 Å². The Bertz CT molecular complexity index is 225. The highest BCUT2D eigenvalue weighted by Crippen LogP contribution is 2.29. The van der Waals surface area contributed by atoms with E-state index in [0.717, 1.165) is 6.42 Å². The van der Waals surface area contributed by atoms with E-state index >= 15 is 0 Å². The smallest absolute Gasteiger partial charge is 0.0502 e. The zero-order valence-electron chi connectivity index (χ0n) is 6.52. The highest BCUT2D eigenvalue weighted by molar-refractivity contribution is 5.28. The second-order valence-corrected chi connectivity index (χ2v) is 3.11. The molecule has 0 aromatic heterocycles. The van der Waals surface area contributed by atoms with Crippen LogP contribution in [0.3, 0.4) is 0 Å². The first-order valence-corrected chi connectivity index (χ1v) is 3.49. The highest BCUT2D eigenvalue weighted by atomic mass is 14.2. The quantitative estimate of drug-likeness (QED) is 0.444. The second kappa shape index (κ2) is 2.34. The Hall–Kier alpha value is -0.960. The van der Waals surface area contributed by atoms with E-state index in [-0.39, 0.29) is 5.41 Å². The molecule has 0 bridgehead atoms. The maximum Gasteiger partial charge on any atom is 0.0502 e. The van der Waals surface area contributed by atoms with Gasteiger partial charge in [0.15, 0.2) is 0 Å². The minimum Gasteiger partial charge on any atom is -0.119 e. The van der Waals surface area contributed by atoms with Gasteiger partial charge in [0.2, 0.25) is 0 Å². The first-order chi connectivity index (χ1) is 4.66. The molecule has 10 heavy (non-hydrogen) atoms. The zero-order chi connectivity index (χ0) is 7.61. The van der Waals surface area contributed by atoms with E-state index in [1.165, 1.54) is 5.57 Å². The second-order valence-electron chi connectivity index (χ2n) is 3.11. The lowest BCUT2D eigenvalue weighted by molar-refractivity contribution is 0.563. The summed E-state index contributed by atoms with van der Waals surface area (Å²) in [6.07, 6.45) is 12.6. The summed E-state index contributed by atoms with van der Waals surface area (Å²) >= 11 is 0. The van der Waals surface area contributed by atoms with Gasteiger partial charge in [0.25, 0.3) is 0 Å². The highest BCUT2D eigenvalue weighted by Gasteiger charge is 2.19. The van der Waals surface area contributed by atoms with Gasteiger partial charge in [-0.3, -0.25) is 0 Å². The largest absolute Gasteiger partial charge is 0.119 e. The van der Waals surface area contributed by atoms with Gasteiger partial charge in [0.1, 0.15) is 0 Å². The van der Waals surface area contributed by atoms with Crippen LogP contribution in [0.15, 0.2) is 23.8 Å². The molecule has 0 aromatic rings. The average molecular weight is 132 g/mol. The van der Waals surface area contributed by atoms with Gasteiger partial charge in [0, 0.05) is 0 Å². The van der Waals surface area contributed by atoms with Gasteiger partial charge in [-0.1, -0.05) is 29.7 Å². The first kappa shape index (κ1) is 7.15. The van der Waals surface area contributed by atoms with Crippen LogP contribution in [-0.2, 0) is 0 Å². The molecule has 0 nitrogen and oxygen atoms in total. The van der Waals surface area contributed by atoms with Crippen LogP contribution in [0.5, 0.6) is 0 Å². The molecule has 52 valence electrons. The van der Waals surface area contributed by atoms with Crippen molar-refractivity contribution in [3.63, 3.8) is 0 Å². The Balaban J connectivity index is 2.84. The molecule has 1 aliphatic rings. The summed E-state index contributed by atoms with van der Waals surface area (Å²) < 4.78 is 0. The molecule has 0 amide bonds. The van der Waals surface area contributed by atoms with Crippen LogP contribution in [0.25, 0.3) is 0 Å². The summed E-state index contributed by atoms with van der Waals surface area (Å²) in [5.74, 6) is 2.78. The first-order valence-electron chi connectivity index (χ1n) is 3.49. The van der Waals surface area contributed by atoms with E-state index in [2.05, 4.69) is 31.9 Å². The average Bonchev–Trinajstić information content (AvgIpc) is 1.88. The van der Waals surface area contributed by atoms with Crippen molar-refractivity contribution in [2.24, 2.45) is 5.41 Å². The van der Waals surface area contributed by atoms with Crippen LogP contribution < -0.4 is 0 Å². The number of rotatable bonds is 0. The number of allylic oxidation sites excluding steroid dienone is 4. The van der Waals surface area contributed by atoms with E-state index in [4.69, 9.17) is 6.42 Å². The summed E-state index contributed by atoms with van der Waals surface area (Å²) in [4.78, 5) is 0. The molecule has 0 N–H and O–H groups in total. The third-order valence-corrected chi connectivity index (χ3v) is 1.82. The molecule has 0 saturated carbocycles. The molecule has 0 radical (unpaired) electrons. The van der Waals surface area contributed by atoms with Crippen molar-refractivity contribution in [2.45, 2.75) is 20.3 Å². The van der Waals surface area contributed by atoms with Crippen molar-refractivity contribution in [1.82, 2.24) is 0 Å². The Labute approximate surface area is 62.6 Å². The Morgan fingerprint density at radius 1 is 1.70 bits per heavy atom. The van der Waals surface area contributed by atoms with Crippen molar-refractivity contribution >= 4 is 0 Å². The molecule has 0 heteroatoms. The van der Waals surface area contributed by atoms with Crippen LogP contribution in [0.4, 0.5) is 0 Å². The number of terminal acetylenes is 1. The molecule has 1 unspecified atom stereocenters. The lowest BCUT2D eigenvalue weighted by Gasteiger charge is -2.21. The Morgan fingerprint density at radius 3 is 2.80 bits per heavy atom. The number of hydrogen-bond donors (Lipinski definition) is 0. The number of hydrogen-bond acceptors (Lipinski definition) is 0. The van der Waals surface area contributed by atoms with Crippen molar-refractivity contribution in [2.75, 3.05) is 0 Å². The van der Waals surface area contributed by atoms with Crippen molar-refractivity contribution in [1.29, 1.82) is 0 Å². The van der Waals surface area contributed by atoms with Gasteiger partial charge >= 0.3 is 0 Å². The van der Waals surface area contributed by atoms with Crippen LogP contribution in [0, 0.1) is 17.8 Å². The van der Waals surface area contributed by atoms with E-state index in [9.17, 15) is 0 Å². The van der Waals surface area contributed by atoms with E-state index in [0.29, 0.717) is 0 Å². The fourth-order valence-electron chi connectivity index (χ4n) is 1.22. The van der Waals surface area contributed by atoms with E-state index < -0.39 is 0 Å². The van der Waals surface area contributed by atoms with Gasteiger partial charge in [-0.05, 0) is 20.3 Å². The molecule has 1 rings (SSSR count). The topological polar surface area (TPSA) is 0 Å². The SMILES string of the molecule is C#CC1(C)C=CC=C(C)C1. The minimum atomic E-state index is -0.0289. The molecular weight excluding hydrogens is 120 g/mol. The molecule has 0 saturated heterocycles. The fourth-order valence-corrected chi connectivity index (χ4v) is 1.22. The fraction of sp³-hybridized carbons (Fsp3) is 0.400. The predicted molar refractivity (Wildman–Crippen MR) is 44.5 cm³/mol. The molecule has 1 aliphatic carbocycles. The van der Waals surface area contributed by atoms with Crippen molar-refractivity contribution in [3.05, 3.63) is 23.8 Å². The summed E-state index contributed by atoms with van der Waals surface area (Å²) in [6.45, 7) is 4.19. The van der Waals surface area contributed by atoms with Gasteiger partial charge < -0.3 is 0 Å². The van der Waals surface area contributed by atoms with E-state index in [1.54, 1.807) is 0 Å². The molecule has 0 fully saturated rings. The van der Waals surface area contributed by atoms with Crippen LogP contribution >= 0.6 is 0 Å². The molecule has 0 heterocycles. The zero-order valence-corrected chi connectivity index (χ0v) is 6.52. The normalized spacial score (nSPS) is 31.1. The third-order valence-electron chi connectivity index (χ3n) is 1.82. The van der Waals surface area contributed by atoms with Gasteiger partial charge in [0.05, 0.1) is 5.41 Å².